The molecule has 0 N–H and O–H groups in total. The lowest BCUT2D eigenvalue weighted by atomic mass is 9.96. The Balaban J connectivity index is 3.18. The lowest BCUT2D eigenvalue weighted by Crippen LogP contribution is -2.26. The Morgan fingerprint density at radius 2 is 1.62 bits per heavy atom. The van der Waals surface area contributed by atoms with E-state index in [0.717, 1.165) is 11.2 Å². The molecule has 0 aliphatic heterocycles. The van der Waals surface area contributed by atoms with Crippen molar-refractivity contribution in [3.63, 3.8) is 0 Å². The summed E-state index contributed by atoms with van der Waals surface area (Å²) in [6.45, 7) is 4.69. The largest absolute Gasteiger partial charge is 0.384 e. The minimum Gasteiger partial charge on any atom is -0.384 e. The van der Waals surface area contributed by atoms with E-state index in [-0.39, 0.29) is 0 Å². The molecule has 3 heteroatoms. The second-order valence-electron chi connectivity index (χ2n) is 6.68. The van der Waals surface area contributed by atoms with E-state index >= 15 is 0 Å². The van der Waals surface area contributed by atoms with E-state index in [1.807, 2.05) is 0 Å². The van der Waals surface area contributed by atoms with Gasteiger partial charge < -0.3 is 9.80 Å². The van der Waals surface area contributed by atoms with Crippen molar-refractivity contribution >= 4 is 14.1 Å². The molecule has 1 unspecified atom stereocenters. The second kappa shape index (κ2) is 9.39. The van der Waals surface area contributed by atoms with E-state index in [1.54, 1.807) is 5.57 Å². The van der Waals surface area contributed by atoms with Crippen molar-refractivity contribution in [1.82, 2.24) is 9.80 Å². The molecule has 0 spiro atoms. The third-order valence-corrected chi connectivity index (χ3v) is 8.44. The van der Waals surface area contributed by atoms with Gasteiger partial charge in [0.15, 0.2) is 0 Å². The van der Waals surface area contributed by atoms with Crippen LogP contribution in [0.15, 0.2) is 35.7 Å². The van der Waals surface area contributed by atoms with E-state index in [2.05, 4.69) is 76.4 Å². The summed E-state index contributed by atoms with van der Waals surface area (Å²) < 4.78 is 0.722. The summed E-state index contributed by atoms with van der Waals surface area (Å²) in [5.74, 6) is 0. The van der Waals surface area contributed by atoms with Gasteiger partial charge in [-0.15, -0.1) is 0 Å². The van der Waals surface area contributed by atoms with Gasteiger partial charge in [-0.3, -0.25) is 0 Å². The molecular weight excluding hydrogens is 271 g/mol. The minimum absolute atomic E-state index is 0.722. The second-order valence-corrected chi connectivity index (χ2v) is 10.0. The number of allylic oxidation sites excluding steroid dienone is 4. The van der Waals surface area contributed by atoms with Crippen molar-refractivity contribution in [1.29, 1.82) is 0 Å². The average molecular weight is 304 g/mol. The Morgan fingerprint density at radius 1 is 1.05 bits per heavy atom. The molecule has 0 saturated carbocycles. The monoisotopic (exact) mass is 304 g/mol. The van der Waals surface area contributed by atoms with Gasteiger partial charge >= 0.3 is 0 Å². The van der Waals surface area contributed by atoms with Crippen LogP contribution >= 0.6 is 0 Å². The lowest BCUT2D eigenvalue weighted by Gasteiger charge is -2.31. The van der Waals surface area contributed by atoms with Crippen LogP contribution in [-0.4, -0.2) is 52.1 Å². The predicted octanol–water partition coefficient (Wildman–Crippen LogP) is 4.52. The van der Waals surface area contributed by atoms with Gasteiger partial charge in [0.1, 0.15) is 0 Å². The van der Waals surface area contributed by atoms with Crippen molar-refractivity contribution in [2.24, 2.45) is 0 Å². The van der Waals surface area contributed by atoms with Gasteiger partial charge in [-0.25, -0.2) is 0 Å². The first-order valence-corrected chi connectivity index (χ1v) is 10.7. The Morgan fingerprint density at radius 3 is 2.10 bits per heavy atom. The normalized spacial score (nSPS) is 21.9. The van der Waals surface area contributed by atoms with Crippen molar-refractivity contribution in [2.45, 2.75) is 48.5 Å². The summed E-state index contributed by atoms with van der Waals surface area (Å²) in [4.78, 5) is 4.42. The van der Waals surface area contributed by atoms with Crippen molar-refractivity contribution in [2.75, 3.05) is 28.2 Å². The Bertz CT molecular complexity index is 388. The summed E-state index contributed by atoms with van der Waals surface area (Å²) in [6.07, 6.45) is 13.2. The quantitative estimate of drug-likeness (QED) is 0.638. The number of hydrogen-bond acceptors (Lipinski definition) is 2. The van der Waals surface area contributed by atoms with Crippen molar-refractivity contribution < 1.29 is 0 Å². The number of rotatable bonds is 7. The first kappa shape index (κ1) is 18.4. The summed E-state index contributed by atoms with van der Waals surface area (Å²) in [5.41, 5.74) is 3.17. The SMILES string of the molecule is CC[CH2][Al]([CH2]CC)[CH]1C(=CN(C)C)C=CCC1=CN(C)C. The molecule has 0 fully saturated rings. The van der Waals surface area contributed by atoms with Gasteiger partial charge in [-0.05, 0) is 23.0 Å². The van der Waals surface area contributed by atoms with Crippen molar-refractivity contribution in [3.8, 4) is 0 Å². The third-order valence-electron chi connectivity index (χ3n) is 4.04. The fraction of sp³-hybridized carbons (Fsp3) is 0.667. The zero-order chi connectivity index (χ0) is 15.8. The molecule has 1 atom stereocenters. The van der Waals surface area contributed by atoms with E-state index in [1.165, 1.54) is 29.0 Å². The first-order chi connectivity index (χ1) is 9.99. The lowest BCUT2D eigenvalue weighted by molar-refractivity contribution is 0.548. The maximum Gasteiger partial charge on any atom is 0.277 e. The standard InChI is InChI=1S/C12H19N2.2C3H7.Al/c1-13(2)9-11-6-5-7-12(8-11)10-14(3)4;2*1-3-2;/h5-6,8-10H,7H2,1-4H3;2*1,3H2,2H3;. The van der Waals surface area contributed by atoms with Gasteiger partial charge in [-0.1, -0.05) is 55.0 Å². The highest BCUT2D eigenvalue weighted by Gasteiger charge is 2.32. The molecule has 0 aromatic rings. The van der Waals surface area contributed by atoms with Crippen LogP contribution in [0.4, 0.5) is 0 Å². The highest BCUT2D eigenvalue weighted by molar-refractivity contribution is 6.62. The molecule has 2 nitrogen and oxygen atoms in total. The van der Waals surface area contributed by atoms with E-state index in [9.17, 15) is 0 Å². The molecule has 0 aromatic carbocycles. The van der Waals surface area contributed by atoms with Crippen molar-refractivity contribution in [3.05, 3.63) is 35.7 Å². The first-order valence-electron chi connectivity index (χ1n) is 8.41. The minimum atomic E-state index is -0.790. The average Bonchev–Trinajstić information content (AvgIpc) is 2.37. The van der Waals surface area contributed by atoms with Crippen LogP contribution in [0.25, 0.3) is 0 Å². The van der Waals surface area contributed by atoms with Gasteiger partial charge in [0, 0.05) is 34.4 Å². The Kier molecular flexibility index (Phi) is 8.22. The Hall–Kier alpha value is -0.648. The maximum atomic E-state index is 2.38. The third kappa shape index (κ3) is 5.93. The molecule has 0 heterocycles. The van der Waals surface area contributed by atoms with Gasteiger partial charge in [0.05, 0.1) is 0 Å². The van der Waals surface area contributed by atoms with E-state index in [4.69, 9.17) is 0 Å². The molecule has 1 aliphatic rings. The van der Waals surface area contributed by atoms with Crippen LogP contribution in [0.3, 0.4) is 0 Å². The number of hydrogen-bond donors (Lipinski definition) is 0. The van der Waals surface area contributed by atoms with Crippen LogP contribution in [-0.2, 0) is 0 Å². The van der Waals surface area contributed by atoms with Gasteiger partial charge in [-0.2, -0.15) is 0 Å². The van der Waals surface area contributed by atoms with Crippen LogP contribution < -0.4 is 0 Å². The molecule has 0 radical (unpaired) electrons. The van der Waals surface area contributed by atoms with Gasteiger partial charge in [0.25, 0.3) is 14.1 Å². The molecule has 0 saturated heterocycles. The highest BCUT2D eigenvalue weighted by Crippen LogP contribution is 2.40. The summed E-state index contributed by atoms with van der Waals surface area (Å²) in [7, 11) is 8.57. The zero-order valence-electron chi connectivity index (χ0n) is 14.9. The van der Waals surface area contributed by atoms with Crippen LogP contribution in [0.1, 0.15) is 33.1 Å². The molecule has 0 aromatic heterocycles. The molecular formula is C18H33AlN2. The molecule has 118 valence electrons. The number of nitrogens with zero attached hydrogens (tertiary/aromatic N) is 2. The topological polar surface area (TPSA) is 6.48 Å². The zero-order valence-corrected chi connectivity index (χ0v) is 16.0. The summed E-state index contributed by atoms with van der Waals surface area (Å²) >= 11 is -0.790. The van der Waals surface area contributed by atoms with Crippen LogP contribution in [0.5, 0.6) is 0 Å². The van der Waals surface area contributed by atoms with Crippen LogP contribution in [0, 0.1) is 0 Å². The summed E-state index contributed by atoms with van der Waals surface area (Å²) in [6, 6.07) is 0. The molecule has 0 amide bonds. The fourth-order valence-electron chi connectivity index (χ4n) is 3.46. The van der Waals surface area contributed by atoms with Gasteiger partial charge in [0.2, 0.25) is 0 Å². The van der Waals surface area contributed by atoms with E-state index < -0.39 is 14.1 Å². The Labute approximate surface area is 136 Å². The fourth-order valence-corrected chi connectivity index (χ4v) is 7.46. The predicted molar refractivity (Wildman–Crippen MR) is 97.0 cm³/mol. The maximum absolute atomic E-state index is 2.38. The molecule has 0 bridgehead atoms. The smallest absolute Gasteiger partial charge is 0.277 e. The molecule has 1 aliphatic carbocycles. The molecule has 1 rings (SSSR count). The highest BCUT2D eigenvalue weighted by atomic mass is 27.2. The summed E-state index contributed by atoms with van der Waals surface area (Å²) in [5, 5.41) is 2.92. The van der Waals surface area contributed by atoms with E-state index in [0.29, 0.717) is 0 Å². The molecule has 21 heavy (non-hydrogen) atoms. The van der Waals surface area contributed by atoms with Crippen LogP contribution in [0.2, 0.25) is 15.3 Å².